The first-order valence-electron chi connectivity index (χ1n) is 5.93. The van der Waals surface area contributed by atoms with Gasteiger partial charge < -0.3 is 0 Å². The van der Waals surface area contributed by atoms with Gasteiger partial charge in [0.05, 0.1) is 16.6 Å². The van der Waals surface area contributed by atoms with Gasteiger partial charge in [-0.1, -0.05) is 53.8 Å². The molecule has 4 heteroatoms. The molecule has 2 aromatic carbocycles. The third-order valence-electron chi connectivity index (χ3n) is 2.93. The van der Waals surface area contributed by atoms with E-state index in [0.717, 1.165) is 21.6 Å². The Morgan fingerprint density at radius 3 is 2.47 bits per heavy atom. The molecule has 3 nitrogen and oxygen atoms in total. The molecular formula is C15H11NO2S. The van der Waals surface area contributed by atoms with Crippen LogP contribution in [0, 0.1) is 0 Å². The average molecular weight is 269 g/mol. The quantitative estimate of drug-likeness (QED) is 0.717. The molecule has 0 atom stereocenters. The summed E-state index contributed by atoms with van der Waals surface area (Å²) in [5.74, 6) is -0.186. The molecule has 0 fully saturated rings. The summed E-state index contributed by atoms with van der Waals surface area (Å²) in [6.45, 7) is 0. The average Bonchev–Trinajstić information content (AvgIpc) is 2.75. The van der Waals surface area contributed by atoms with Crippen LogP contribution in [0.1, 0.15) is 10.4 Å². The van der Waals surface area contributed by atoms with Crippen molar-refractivity contribution in [2.24, 2.45) is 0 Å². The Hall–Kier alpha value is -2.20. The van der Waals surface area contributed by atoms with Gasteiger partial charge >= 0.3 is 4.87 Å². The summed E-state index contributed by atoms with van der Waals surface area (Å²) in [7, 11) is 0. The number of aromatic nitrogens is 1. The number of carbonyl (C=O) groups is 1. The maximum atomic E-state index is 12.3. The zero-order valence-corrected chi connectivity index (χ0v) is 10.9. The Labute approximate surface area is 113 Å². The molecule has 1 heterocycles. The summed E-state index contributed by atoms with van der Waals surface area (Å²) >= 11 is 1.10. The SMILES string of the molecule is O=C(Cc1ccccc1)n1c(=O)sc2ccccc21. The van der Waals surface area contributed by atoms with Crippen LogP contribution in [-0.4, -0.2) is 10.5 Å². The molecule has 0 amide bonds. The lowest BCUT2D eigenvalue weighted by atomic mass is 10.1. The van der Waals surface area contributed by atoms with E-state index in [1.54, 1.807) is 6.07 Å². The molecule has 1 aromatic heterocycles. The van der Waals surface area contributed by atoms with Gasteiger partial charge in [-0.25, -0.2) is 4.57 Å². The predicted octanol–water partition coefficient (Wildman–Crippen LogP) is 2.95. The van der Waals surface area contributed by atoms with Gasteiger partial charge in [-0.05, 0) is 17.7 Å². The predicted molar refractivity (Wildman–Crippen MR) is 76.9 cm³/mol. The van der Waals surface area contributed by atoms with Crippen molar-refractivity contribution >= 4 is 27.5 Å². The highest BCUT2D eigenvalue weighted by atomic mass is 32.1. The van der Waals surface area contributed by atoms with Crippen molar-refractivity contribution in [2.45, 2.75) is 6.42 Å². The second-order valence-corrected chi connectivity index (χ2v) is 5.22. The molecule has 0 N–H and O–H groups in total. The first-order chi connectivity index (χ1) is 9.25. The molecule has 0 radical (unpaired) electrons. The lowest BCUT2D eigenvalue weighted by Crippen LogP contribution is -2.23. The molecule has 3 rings (SSSR count). The number of fused-ring (bicyclic) bond motifs is 1. The highest BCUT2D eigenvalue weighted by molar-refractivity contribution is 7.16. The highest BCUT2D eigenvalue weighted by Crippen LogP contribution is 2.16. The van der Waals surface area contributed by atoms with Crippen molar-refractivity contribution in [1.82, 2.24) is 4.57 Å². The van der Waals surface area contributed by atoms with E-state index >= 15 is 0 Å². The van der Waals surface area contributed by atoms with Crippen molar-refractivity contribution in [1.29, 1.82) is 0 Å². The number of rotatable bonds is 2. The zero-order chi connectivity index (χ0) is 13.2. The third-order valence-corrected chi connectivity index (χ3v) is 3.86. The van der Waals surface area contributed by atoms with E-state index in [2.05, 4.69) is 0 Å². The highest BCUT2D eigenvalue weighted by Gasteiger charge is 2.14. The fraction of sp³-hybridized carbons (Fsp3) is 0.0667. The second-order valence-electron chi connectivity index (χ2n) is 4.23. The minimum atomic E-state index is -0.220. The fourth-order valence-corrected chi connectivity index (χ4v) is 2.94. The molecular weight excluding hydrogens is 258 g/mol. The van der Waals surface area contributed by atoms with Crippen LogP contribution in [0.25, 0.3) is 10.2 Å². The summed E-state index contributed by atoms with van der Waals surface area (Å²) in [4.78, 5) is 24.0. The molecule has 0 aliphatic rings. The first kappa shape index (κ1) is 11.9. The molecule has 0 unspecified atom stereocenters. The van der Waals surface area contributed by atoms with Crippen LogP contribution >= 0.6 is 11.3 Å². The molecule has 0 spiro atoms. The number of carbonyl (C=O) groups excluding carboxylic acids is 1. The van der Waals surface area contributed by atoms with E-state index in [4.69, 9.17) is 0 Å². The van der Waals surface area contributed by atoms with Gasteiger partial charge in [0.25, 0.3) is 0 Å². The number of nitrogens with zero attached hydrogens (tertiary/aromatic N) is 1. The lowest BCUT2D eigenvalue weighted by molar-refractivity contribution is 0.0917. The largest absolute Gasteiger partial charge is 0.314 e. The number of para-hydroxylation sites is 1. The van der Waals surface area contributed by atoms with E-state index in [9.17, 15) is 9.59 Å². The van der Waals surface area contributed by atoms with Gasteiger partial charge in [0.2, 0.25) is 5.91 Å². The molecule has 0 bridgehead atoms. The number of hydrogen-bond donors (Lipinski definition) is 0. The minimum absolute atomic E-state index is 0.186. The topological polar surface area (TPSA) is 39.1 Å². The monoisotopic (exact) mass is 269 g/mol. The van der Waals surface area contributed by atoms with Crippen LogP contribution in [0.5, 0.6) is 0 Å². The summed E-state index contributed by atoms with van der Waals surface area (Å²) in [6.07, 6.45) is 0.238. The van der Waals surface area contributed by atoms with Crippen LogP contribution in [0.4, 0.5) is 0 Å². The van der Waals surface area contributed by atoms with Crippen molar-refractivity contribution in [3.05, 3.63) is 69.8 Å². The van der Waals surface area contributed by atoms with E-state index in [1.807, 2.05) is 48.5 Å². The van der Waals surface area contributed by atoms with Gasteiger partial charge in [0.1, 0.15) is 0 Å². The van der Waals surface area contributed by atoms with Crippen LogP contribution in [-0.2, 0) is 6.42 Å². The summed E-state index contributed by atoms with van der Waals surface area (Å²) in [5.41, 5.74) is 1.60. The first-order valence-corrected chi connectivity index (χ1v) is 6.75. The number of hydrogen-bond acceptors (Lipinski definition) is 3. The third kappa shape index (κ3) is 2.22. The summed E-state index contributed by atoms with van der Waals surface area (Å²) in [5, 5.41) is 0. The minimum Gasteiger partial charge on any atom is -0.274 e. The Morgan fingerprint density at radius 2 is 1.68 bits per heavy atom. The molecule has 0 saturated carbocycles. The van der Waals surface area contributed by atoms with Gasteiger partial charge in [-0.15, -0.1) is 0 Å². The molecule has 94 valence electrons. The van der Waals surface area contributed by atoms with Gasteiger partial charge in [0.15, 0.2) is 0 Å². The normalized spacial score (nSPS) is 10.7. The number of thiazole rings is 1. The van der Waals surface area contributed by atoms with Crippen molar-refractivity contribution in [2.75, 3.05) is 0 Å². The van der Waals surface area contributed by atoms with Crippen LogP contribution < -0.4 is 4.87 Å². The Balaban J connectivity index is 2.03. The Bertz CT molecular complexity index is 787. The van der Waals surface area contributed by atoms with Crippen LogP contribution in [0.2, 0.25) is 0 Å². The lowest BCUT2D eigenvalue weighted by Gasteiger charge is -2.02. The van der Waals surface area contributed by atoms with E-state index in [-0.39, 0.29) is 17.2 Å². The van der Waals surface area contributed by atoms with Gasteiger partial charge in [-0.2, -0.15) is 0 Å². The van der Waals surface area contributed by atoms with E-state index in [1.165, 1.54) is 4.57 Å². The van der Waals surface area contributed by atoms with Crippen molar-refractivity contribution in [3.63, 3.8) is 0 Å². The summed E-state index contributed by atoms with van der Waals surface area (Å²) < 4.78 is 2.11. The zero-order valence-electron chi connectivity index (χ0n) is 10.1. The van der Waals surface area contributed by atoms with Gasteiger partial charge in [-0.3, -0.25) is 9.59 Å². The standard InChI is InChI=1S/C15H11NO2S/c17-14(10-11-6-2-1-3-7-11)16-12-8-4-5-9-13(12)19-15(16)18/h1-9H,10H2. The van der Waals surface area contributed by atoms with Gasteiger partial charge in [0, 0.05) is 0 Å². The molecule has 0 aliphatic heterocycles. The maximum Gasteiger partial charge on any atom is 0.314 e. The molecule has 0 aliphatic carbocycles. The summed E-state index contributed by atoms with van der Waals surface area (Å²) in [6, 6.07) is 16.8. The smallest absolute Gasteiger partial charge is 0.274 e. The number of benzene rings is 2. The van der Waals surface area contributed by atoms with Crippen molar-refractivity contribution in [3.8, 4) is 0 Å². The van der Waals surface area contributed by atoms with Crippen molar-refractivity contribution < 1.29 is 4.79 Å². The fourth-order valence-electron chi connectivity index (χ4n) is 2.05. The Kier molecular flexibility index (Phi) is 3.01. The van der Waals surface area contributed by atoms with E-state index in [0.29, 0.717) is 5.52 Å². The Morgan fingerprint density at radius 1 is 1.00 bits per heavy atom. The maximum absolute atomic E-state index is 12.3. The molecule has 19 heavy (non-hydrogen) atoms. The molecule has 0 saturated heterocycles. The van der Waals surface area contributed by atoms with Crippen LogP contribution in [0.15, 0.2) is 59.4 Å². The second kappa shape index (κ2) is 4.82. The molecule has 3 aromatic rings. The van der Waals surface area contributed by atoms with E-state index < -0.39 is 0 Å². The van der Waals surface area contributed by atoms with Crippen LogP contribution in [0.3, 0.4) is 0 Å².